The Kier molecular flexibility index (Phi) is 5.48. The van der Waals surface area contributed by atoms with E-state index in [4.69, 9.17) is 0 Å². The van der Waals surface area contributed by atoms with Gasteiger partial charge in [0.15, 0.2) is 0 Å². The third kappa shape index (κ3) is 4.05. The third-order valence-corrected chi connectivity index (χ3v) is 4.88. The summed E-state index contributed by atoms with van der Waals surface area (Å²) in [5, 5.41) is 1.10. The molecule has 1 aliphatic rings. The van der Waals surface area contributed by atoms with Crippen LogP contribution in [0.4, 0.5) is 0 Å². The maximum atomic E-state index is 3.51. The molecule has 0 bridgehead atoms. The molecule has 0 spiro atoms. The number of aryl methyl sites for hydroxylation is 1. The molecule has 96 valence electrons. The van der Waals surface area contributed by atoms with Gasteiger partial charge in [-0.05, 0) is 18.6 Å². The van der Waals surface area contributed by atoms with Crippen molar-refractivity contribution in [2.24, 2.45) is 0 Å². The van der Waals surface area contributed by atoms with Gasteiger partial charge in [0.25, 0.3) is 0 Å². The van der Waals surface area contributed by atoms with E-state index in [0.717, 1.165) is 11.9 Å². The normalized spacial score (nSPS) is 18.7. The molecule has 0 unspecified atom stereocenters. The minimum absolute atomic E-state index is 1.10. The molecule has 2 heterocycles. The van der Waals surface area contributed by atoms with Crippen molar-refractivity contribution in [3.8, 4) is 0 Å². The van der Waals surface area contributed by atoms with Crippen LogP contribution in [-0.2, 0) is 13.0 Å². The molecule has 0 atom stereocenters. The monoisotopic (exact) mass is 316 g/mol. The summed E-state index contributed by atoms with van der Waals surface area (Å²) in [6, 6.07) is 4.58. The number of thiophene rings is 1. The van der Waals surface area contributed by atoms with Gasteiger partial charge >= 0.3 is 0 Å². The molecule has 1 fully saturated rings. The van der Waals surface area contributed by atoms with E-state index in [1.54, 1.807) is 0 Å². The number of rotatable bonds is 5. The number of hydrogen-bond donors (Lipinski definition) is 0. The SMILES string of the molecule is CCc1ccc(CN2CCN(CCBr)CC2)s1. The predicted molar refractivity (Wildman–Crippen MR) is 79.2 cm³/mol. The van der Waals surface area contributed by atoms with E-state index in [1.165, 1.54) is 48.9 Å². The van der Waals surface area contributed by atoms with Crippen LogP contribution in [-0.4, -0.2) is 47.9 Å². The molecule has 4 heteroatoms. The fourth-order valence-electron chi connectivity index (χ4n) is 2.21. The highest BCUT2D eigenvalue weighted by molar-refractivity contribution is 9.09. The molecule has 0 saturated carbocycles. The highest BCUT2D eigenvalue weighted by atomic mass is 79.9. The lowest BCUT2D eigenvalue weighted by Crippen LogP contribution is -2.46. The molecule has 2 rings (SSSR count). The van der Waals surface area contributed by atoms with Gasteiger partial charge in [0.05, 0.1) is 0 Å². The van der Waals surface area contributed by atoms with Crippen molar-refractivity contribution >= 4 is 27.3 Å². The van der Waals surface area contributed by atoms with Crippen LogP contribution in [0.1, 0.15) is 16.7 Å². The Balaban J connectivity index is 1.77. The number of nitrogens with zero attached hydrogens (tertiary/aromatic N) is 2. The zero-order valence-corrected chi connectivity index (χ0v) is 12.9. The largest absolute Gasteiger partial charge is 0.300 e. The number of alkyl halides is 1. The zero-order chi connectivity index (χ0) is 12.1. The van der Waals surface area contributed by atoms with Gasteiger partial charge in [-0.15, -0.1) is 11.3 Å². The lowest BCUT2D eigenvalue weighted by atomic mass is 10.3. The average Bonchev–Trinajstić information content (AvgIpc) is 2.80. The lowest BCUT2D eigenvalue weighted by molar-refractivity contribution is 0.134. The maximum Gasteiger partial charge on any atom is 0.0329 e. The van der Waals surface area contributed by atoms with E-state index in [0.29, 0.717) is 0 Å². The molecule has 0 aliphatic carbocycles. The van der Waals surface area contributed by atoms with E-state index in [9.17, 15) is 0 Å². The molecular formula is C13H21BrN2S. The Labute approximate surface area is 117 Å². The minimum atomic E-state index is 1.10. The Morgan fingerprint density at radius 3 is 2.35 bits per heavy atom. The van der Waals surface area contributed by atoms with E-state index in [1.807, 2.05) is 11.3 Å². The van der Waals surface area contributed by atoms with Gasteiger partial charge in [0.2, 0.25) is 0 Å². The Hall–Kier alpha value is 0.1000. The minimum Gasteiger partial charge on any atom is -0.300 e. The topological polar surface area (TPSA) is 6.48 Å². The van der Waals surface area contributed by atoms with Crippen LogP contribution in [0.3, 0.4) is 0 Å². The summed E-state index contributed by atoms with van der Waals surface area (Å²) < 4.78 is 0. The highest BCUT2D eigenvalue weighted by Gasteiger charge is 2.16. The third-order valence-electron chi connectivity index (χ3n) is 3.31. The van der Waals surface area contributed by atoms with Crippen LogP contribution < -0.4 is 0 Å². The average molecular weight is 317 g/mol. The smallest absolute Gasteiger partial charge is 0.0329 e. The quantitative estimate of drug-likeness (QED) is 0.771. The standard InChI is InChI=1S/C13H21BrN2S/c1-2-12-3-4-13(17-12)11-16-9-7-15(6-5-14)8-10-16/h3-4H,2,5-11H2,1H3. The fourth-order valence-corrected chi connectivity index (χ4v) is 3.71. The van der Waals surface area contributed by atoms with Crippen molar-refractivity contribution in [1.29, 1.82) is 0 Å². The second-order valence-corrected chi connectivity index (χ2v) is 6.57. The molecule has 0 radical (unpaired) electrons. The Morgan fingerprint density at radius 1 is 1.12 bits per heavy atom. The molecule has 1 saturated heterocycles. The van der Waals surface area contributed by atoms with Crippen LogP contribution in [0.2, 0.25) is 0 Å². The van der Waals surface area contributed by atoms with E-state index >= 15 is 0 Å². The van der Waals surface area contributed by atoms with Gasteiger partial charge in [0, 0.05) is 54.4 Å². The summed E-state index contributed by atoms with van der Waals surface area (Å²) in [7, 11) is 0. The molecule has 1 aromatic rings. The summed E-state index contributed by atoms with van der Waals surface area (Å²) in [6.07, 6.45) is 1.17. The van der Waals surface area contributed by atoms with Crippen molar-refractivity contribution in [1.82, 2.24) is 9.80 Å². The molecule has 0 amide bonds. The summed E-state index contributed by atoms with van der Waals surface area (Å²) in [4.78, 5) is 8.15. The summed E-state index contributed by atoms with van der Waals surface area (Å²) in [5.41, 5.74) is 0. The van der Waals surface area contributed by atoms with Gasteiger partial charge in [-0.3, -0.25) is 9.80 Å². The predicted octanol–water partition coefficient (Wildman–Crippen LogP) is 2.82. The van der Waals surface area contributed by atoms with Gasteiger partial charge < -0.3 is 0 Å². The maximum absolute atomic E-state index is 3.51. The van der Waals surface area contributed by atoms with Crippen LogP contribution in [0.25, 0.3) is 0 Å². The van der Waals surface area contributed by atoms with Crippen LogP contribution in [0.15, 0.2) is 12.1 Å². The summed E-state index contributed by atoms with van der Waals surface area (Å²) >= 11 is 5.49. The molecule has 1 aromatic heterocycles. The Bertz CT molecular complexity index is 332. The highest BCUT2D eigenvalue weighted by Crippen LogP contribution is 2.19. The lowest BCUT2D eigenvalue weighted by Gasteiger charge is -2.34. The molecular weight excluding hydrogens is 296 g/mol. The van der Waals surface area contributed by atoms with Crippen molar-refractivity contribution in [3.05, 3.63) is 21.9 Å². The van der Waals surface area contributed by atoms with Crippen LogP contribution in [0, 0.1) is 0 Å². The van der Waals surface area contributed by atoms with Crippen molar-refractivity contribution in [2.45, 2.75) is 19.9 Å². The van der Waals surface area contributed by atoms with Crippen molar-refractivity contribution in [2.75, 3.05) is 38.1 Å². The van der Waals surface area contributed by atoms with Crippen LogP contribution in [0.5, 0.6) is 0 Å². The van der Waals surface area contributed by atoms with Gasteiger partial charge in [-0.25, -0.2) is 0 Å². The second kappa shape index (κ2) is 6.88. The number of piperazine rings is 1. The van der Waals surface area contributed by atoms with Gasteiger partial charge in [-0.1, -0.05) is 22.9 Å². The first-order valence-electron chi connectivity index (χ1n) is 6.40. The van der Waals surface area contributed by atoms with Gasteiger partial charge in [0.1, 0.15) is 0 Å². The number of halogens is 1. The zero-order valence-electron chi connectivity index (χ0n) is 10.5. The molecule has 1 aliphatic heterocycles. The van der Waals surface area contributed by atoms with E-state index in [2.05, 4.69) is 44.8 Å². The van der Waals surface area contributed by atoms with Crippen molar-refractivity contribution < 1.29 is 0 Å². The van der Waals surface area contributed by atoms with E-state index < -0.39 is 0 Å². The summed E-state index contributed by atoms with van der Waals surface area (Å²) in [5.74, 6) is 0. The van der Waals surface area contributed by atoms with Gasteiger partial charge in [-0.2, -0.15) is 0 Å². The Morgan fingerprint density at radius 2 is 1.76 bits per heavy atom. The molecule has 17 heavy (non-hydrogen) atoms. The molecule has 0 N–H and O–H groups in total. The first kappa shape index (κ1) is 13.5. The summed E-state index contributed by atoms with van der Waals surface area (Å²) in [6.45, 7) is 9.43. The second-order valence-electron chi connectivity index (χ2n) is 4.53. The van der Waals surface area contributed by atoms with E-state index in [-0.39, 0.29) is 0 Å². The molecule has 0 aromatic carbocycles. The molecule has 2 nitrogen and oxygen atoms in total. The number of hydrogen-bond acceptors (Lipinski definition) is 3. The first-order chi connectivity index (χ1) is 8.31. The fraction of sp³-hybridized carbons (Fsp3) is 0.692. The first-order valence-corrected chi connectivity index (χ1v) is 8.34. The van der Waals surface area contributed by atoms with Crippen LogP contribution >= 0.6 is 27.3 Å². The van der Waals surface area contributed by atoms with Crippen molar-refractivity contribution in [3.63, 3.8) is 0 Å².